The number of carbonyl (C=O) groups is 3. The van der Waals surface area contributed by atoms with E-state index < -0.39 is 23.8 Å². The summed E-state index contributed by atoms with van der Waals surface area (Å²) >= 11 is 0. The number of esters is 2. The van der Waals surface area contributed by atoms with Gasteiger partial charge in [0.05, 0.1) is 12.7 Å². The molecule has 1 N–H and O–H groups in total. The molecule has 0 amide bonds. The first-order valence-electron chi connectivity index (χ1n) is 12.3. The summed E-state index contributed by atoms with van der Waals surface area (Å²) in [6, 6.07) is 5.43. The van der Waals surface area contributed by atoms with Crippen LogP contribution < -0.4 is 14.8 Å². The lowest BCUT2D eigenvalue weighted by molar-refractivity contribution is -0.151. The highest BCUT2D eigenvalue weighted by Gasteiger charge is 2.47. The Bertz CT molecular complexity index is 1130. The molecular formula is C27H31NO7. The number of Topliss-reactive ketones (excluding diaryl/α,β-unsaturated/α-hetero) is 1. The zero-order chi connectivity index (χ0) is 24.7. The number of ketones is 1. The minimum atomic E-state index is -0.925. The van der Waals surface area contributed by atoms with Gasteiger partial charge in [0.15, 0.2) is 17.3 Å². The number of hydrogen-bond acceptors (Lipinski definition) is 8. The number of rotatable bonds is 4. The molecule has 1 aromatic carbocycles. The van der Waals surface area contributed by atoms with E-state index in [2.05, 4.69) is 5.32 Å². The van der Waals surface area contributed by atoms with E-state index in [0.29, 0.717) is 40.3 Å². The molecule has 186 valence electrons. The third-order valence-electron chi connectivity index (χ3n) is 7.52. The van der Waals surface area contributed by atoms with Crippen molar-refractivity contribution in [3.63, 3.8) is 0 Å². The lowest BCUT2D eigenvalue weighted by Crippen LogP contribution is -2.43. The van der Waals surface area contributed by atoms with Crippen LogP contribution >= 0.6 is 0 Å². The Hall–Kier alpha value is -3.29. The van der Waals surface area contributed by atoms with E-state index >= 15 is 0 Å². The molecule has 2 aliphatic carbocycles. The number of methoxy groups -OCH3 is 1. The van der Waals surface area contributed by atoms with Gasteiger partial charge in [-0.15, -0.1) is 0 Å². The molecule has 2 heterocycles. The summed E-state index contributed by atoms with van der Waals surface area (Å²) in [6.07, 6.45) is 5.26. The van der Waals surface area contributed by atoms with Crippen LogP contribution in [0.2, 0.25) is 0 Å². The third-order valence-corrected chi connectivity index (χ3v) is 7.52. The molecule has 0 bridgehead atoms. The maximum absolute atomic E-state index is 13.8. The predicted octanol–water partition coefficient (Wildman–Crippen LogP) is 3.90. The Balaban J connectivity index is 1.59. The Morgan fingerprint density at radius 3 is 2.57 bits per heavy atom. The number of hydrogen-bond donors (Lipinski definition) is 1. The lowest BCUT2D eigenvalue weighted by atomic mass is 9.69. The Kier molecular flexibility index (Phi) is 6.30. The molecule has 1 aromatic rings. The molecule has 2 aliphatic heterocycles. The van der Waals surface area contributed by atoms with Crippen molar-refractivity contribution >= 4 is 17.7 Å². The van der Waals surface area contributed by atoms with Crippen LogP contribution in [0.3, 0.4) is 0 Å². The van der Waals surface area contributed by atoms with Gasteiger partial charge in [0.2, 0.25) is 6.79 Å². The van der Waals surface area contributed by atoms with Crippen molar-refractivity contribution in [2.75, 3.05) is 13.9 Å². The second-order valence-electron chi connectivity index (χ2n) is 9.81. The standard InChI is InChI=1S/C27H31NO7/c1-14-11-18-24(25(29)21(14)26(30)32-3)23(16-9-10-19-20(12-16)34-13-33-19)22(15(2)28-18)27(31)35-17-7-5-4-6-8-17/h9-10,12,14,17,21,23,28H,4-8,11,13H2,1-3H3/t14-,21-,23-/m0/s1. The topological polar surface area (TPSA) is 100 Å². The van der Waals surface area contributed by atoms with E-state index in [4.69, 9.17) is 18.9 Å². The average Bonchev–Trinajstić information content (AvgIpc) is 3.31. The molecule has 4 aliphatic rings. The summed E-state index contributed by atoms with van der Waals surface area (Å²) in [6.45, 7) is 3.82. The second kappa shape index (κ2) is 9.40. The van der Waals surface area contributed by atoms with Gasteiger partial charge < -0.3 is 24.3 Å². The minimum absolute atomic E-state index is 0.116. The molecule has 0 saturated heterocycles. The second-order valence-corrected chi connectivity index (χ2v) is 9.81. The van der Waals surface area contributed by atoms with E-state index in [-0.39, 0.29) is 24.6 Å². The summed E-state index contributed by atoms with van der Waals surface area (Å²) < 4.78 is 22.0. The van der Waals surface area contributed by atoms with E-state index in [9.17, 15) is 14.4 Å². The zero-order valence-electron chi connectivity index (χ0n) is 20.3. The van der Waals surface area contributed by atoms with Gasteiger partial charge in [-0.05, 0) is 62.6 Å². The highest BCUT2D eigenvalue weighted by molar-refractivity contribution is 6.12. The van der Waals surface area contributed by atoms with Gasteiger partial charge in [0.25, 0.3) is 0 Å². The van der Waals surface area contributed by atoms with Crippen molar-refractivity contribution in [1.29, 1.82) is 0 Å². The van der Waals surface area contributed by atoms with Crippen LogP contribution in [0.15, 0.2) is 40.7 Å². The highest BCUT2D eigenvalue weighted by atomic mass is 16.7. The van der Waals surface area contributed by atoms with Crippen LogP contribution in [-0.4, -0.2) is 37.7 Å². The van der Waals surface area contributed by atoms with Crippen molar-refractivity contribution in [3.8, 4) is 11.5 Å². The van der Waals surface area contributed by atoms with E-state index in [0.717, 1.165) is 37.8 Å². The molecule has 5 rings (SSSR count). The fourth-order valence-corrected chi connectivity index (χ4v) is 5.77. The molecule has 8 nitrogen and oxygen atoms in total. The molecule has 8 heteroatoms. The van der Waals surface area contributed by atoms with Gasteiger partial charge in [-0.25, -0.2) is 4.79 Å². The smallest absolute Gasteiger partial charge is 0.337 e. The van der Waals surface area contributed by atoms with Gasteiger partial charge in [-0.3, -0.25) is 9.59 Å². The van der Waals surface area contributed by atoms with Gasteiger partial charge in [0, 0.05) is 22.9 Å². The third kappa shape index (κ3) is 4.19. The summed E-state index contributed by atoms with van der Waals surface area (Å²) in [5.41, 5.74) is 2.91. The number of ether oxygens (including phenoxy) is 4. The number of carbonyl (C=O) groups excluding carboxylic acids is 3. The van der Waals surface area contributed by atoms with Crippen LogP contribution in [0, 0.1) is 11.8 Å². The van der Waals surface area contributed by atoms with Gasteiger partial charge in [-0.2, -0.15) is 0 Å². The maximum Gasteiger partial charge on any atom is 0.337 e. The predicted molar refractivity (Wildman–Crippen MR) is 125 cm³/mol. The van der Waals surface area contributed by atoms with E-state index in [1.807, 2.05) is 26.0 Å². The number of dihydropyridines is 1. The van der Waals surface area contributed by atoms with E-state index in [1.165, 1.54) is 7.11 Å². The van der Waals surface area contributed by atoms with Gasteiger partial charge >= 0.3 is 11.9 Å². The van der Waals surface area contributed by atoms with Crippen LogP contribution in [-0.2, 0) is 23.9 Å². The van der Waals surface area contributed by atoms with Crippen molar-refractivity contribution < 1.29 is 33.3 Å². The Labute approximate surface area is 204 Å². The molecule has 1 saturated carbocycles. The van der Waals surface area contributed by atoms with Crippen molar-refractivity contribution in [3.05, 3.63) is 46.3 Å². The van der Waals surface area contributed by atoms with Crippen LogP contribution in [0.25, 0.3) is 0 Å². The summed E-state index contributed by atoms with van der Waals surface area (Å²) in [7, 11) is 1.29. The summed E-state index contributed by atoms with van der Waals surface area (Å²) in [5, 5.41) is 3.31. The Morgan fingerprint density at radius 2 is 1.83 bits per heavy atom. The number of nitrogens with one attached hydrogen (secondary N) is 1. The molecular weight excluding hydrogens is 450 g/mol. The zero-order valence-corrected chi connectivity index (χ0v) is 20.3. The minimum Gasteiger partial charge on any atom is -0.468 e. The fraction of sp³-hybridized carbons (Fsp3) is 0.519. The molecule has 35 heavy (non-hydrogen) atoms. The number of fused-ring (bicyclic) bond motifs is 1. The van der Waals surface area contributed by atoms with Crippen LogP contribution in [0.4, 0.5) is 0 Å². The molecule has 0 spiro atoms. The van der Waals surface area contributed by atoms with Gasteiger partial charge in [0.1, 0.15) is 12.0 Å². The average molecular weight is 482 g/mol. The lowest BCUT2D eigenvalue weighted by Gasteiger charge is -2.38. The van der Waals surface area contributed by atoms with Crippen molar-refractivity contribution in [2.45, 2.75) is 64.4 Å². The maximum atomic E-state index is 13.8. The van der Waals surface area contributed by atoms with Crippen LogP contribution in [0.1, 0.15) is 63.9 Å². The first-order chi connectivity index (χ1) is 16.9. The molecule has 0 unspecified atom stereocenters. The summed E-state index contributed by atoms with van der Waals surface area (Å²) in [5.74, 6) is -2.00. The first-order valence-corrected chi connectivity index (χ1v) is 12.3. The van der Waals surface area contributed by atoms with Gasteiger partial charge in [-0.1, -0.05) is 19.4 Å². The number of benzene rings is 1. The quantitative estimate of drug-likeness (QED) is 0.511. The monoisotopic (exact) mass is 481 g/mol. The van der Waals surface area contributed by atoms with E-state index in [1.54, 1.807) is 6.07 Å². The Morgan fingerprint density at radius 1 is 1.09 bits per heavy atom. The number of allylic oxidation sites excluding steroid dienone is 3. The molecule has 3 atom stereocenters. The normalized spacial score (nSPS) is 26.3. The van der Waals surface area contributed by atoms with Crippen LogP contribution in [0.5, 0.6) is 11.5 Å². The van der Waals surface area contributed by atoms with Crippen molar-refractivity contribution in [1.82, 2.24) is 5.32 Å². The SMILES string of the molecule is COC(=O)[C@@H]1C(=O)C2=C(C[C@@H]1C)NC(C)=C(C(=O)OC1CCCCC1)[C@@H]2c1ccc2c(c1)OCO2. The largest absolute Gasteiger partial charge is 0.468 e. The highest BCUT2D eigenvalue weighted by Crippen LogP contribution is 2.47. The molecule has 0 radical (unpaired) electrons. The molecule has 1 fully saturated rings. The summed E-state index contributed by atoms with van der Waals surface area (Å²) in [4.78, 5) is 40.0. The fourth-order valence-electron chi connectivity index (χ4n) is 5.77. The molecule has 0 aromatic heterocycles. The van der Waals surface area contributed by atoms with Crippen molar-refractivity contribution in [2.24, 2.45) is 11.8 Å². The first kappa shape index (κ1) is 23.5.